The van der Waals surface area contributed by atoms with Crippen molar-refractivity contribution < 1.29 is 18.3 Å². The molecule has 2 fully saturated rings. The summed E-state index contributed by atoms with van der Waals surface area (Å²) in [6.45, 7) is 1.38. The Balaban J connectivity index is 1.88. The largest absolute Gasteiger partial charge is 0.396 e. The maximum absolute atomic E-state index is 12.3. The highest BCUT2D eigenvalue weighted by Gasteiger charge is 2.35. The molecule has 1 saturated carbocycles. The maximum Gasteiger partial charge on any atom is 0.224 e. The Hall–Kier alpha value is -0.660. The van der Waals surface area contributed by atoms with Gasteiger partial charge in [0.2, 0.25) is 15.9 Å². The highest BCUT2D eigenvalue weighted by Crippen LogP contribution is 2.37. The summed E-state index contributed by atoms with van der Waals surface area (Å²) in [6.07, 6.45) is 6.73. The molecular formula is C14H26N2O4S. The van der Waals surface area contributed by atoms with Crippen molar-refractivity contribution in [1.82, 2.24) is 9.62 Å². The number of rotatable bonds is 5. The summed E-state index contributed by atoms with van der Waals surface area (Å²) in [5.74, 6) is -0.353. The van der Waals surface area contributed by atoms with Crippen molar-refractivity contribution in [3.63, 3.8) is 0 Å². The predicted octanol–water partition coefficient (Wildman–Crippen LogP) is 0.327. The third-order valence-electron chi connectivity index (χ3n) is 4.86. The molecular weight excluding hydrogens is 292 g/mol. The van der Waals surface area contributed by atoms with Crippen molar-refractivity contribution >= 4 is 15.9 Å². The fraction of sp³-hybridized carbons (Fsp3) is 0.929. The minimum absolute atomic E-state index is 0.0805. The Morgan fingerprint density at radius 2 is 2.00 bits per heavy atom. The van der Waals surface area contributed by atoms with Crippen molar-refractivity contribution in [1.29, 1.82) is 0 Å². The molecule has 0 bridgehead atoms. The van der Waals surface area contributed by atoms with E-state index in [1.54, 1.807) is 0 Å². The highest BCUT2D eigenvalue weighted by atomic mass is 32.2. The number of nitrogens with zero attached hydrogens (tertiary/aromatic N) is 1. The van der Waals surface area contributed by atoms with Gasteiger partial charge in [0, 0.05) is 25.0 Å². The highest BCUT2D eigenvalue weighted by molar-refractivity contribution is 7.88. The first-order chi connectivity index (χ1) is 9.86. The zero-order chi connectivity index (χ0) is 15.5. The number of aliphatic hydroxyl groups excluding tert-OH is 1. The first kappa shape index (κ1) is 16.7. The van der Waals surface area contributed by atoms with Gasteiger partial charge in [-0.15, -0.1) is 0 Å². The van der Waals surface area contributed by atoms with Crippen LogP contribution in [0.3, 0.4) is 0 Å². The van der Waals surface area contributed by atoms with Crippen molar-refractivity contribution in [2.24, 2.45) is 11.3 Å². The van der Waals surface area contributed by atoms with Gasteiger partial charge >= 0.3 is 0 Å². The van der Waals surface area contributed by atoms with Gasteiger partial charge in [-0.1, -0.05) is 12.8 Å². The van der Waals surface area contributed by atoms with Crippen LogP contribution in [0.4, 0.5) is 0 Å². The first-order valence-corrected chi connectivity index (χ1v) is 9.55. The van der Waals surface area contributed by atoms with E-state index < -0.39 is 10.0 Å². The van der Waals surface area contributed by atoms with E-state index in [-0.39, 0.29) is 30.4 Å². The maximum atomic E-state index is 12.3. The van der Waals surface area contributed by atoms with Gasteiger partial charge in [0.25, 0.3) is 0 Å². The molecule has 0 aromatic heterocycles. The Morgan fingerprint density at radius 1 is 1.33 bits per heavy atom. The predicted molar refractivity (Wildman–Crippen MR) is 80.1 cm³/mol. The minimum Gasteiger partial charge on any atom is -0.396 e. The normalized spacial score (nSPS) is 26.7. The molecule has 0 aromatic carbocycles. The molecule has 21 heavy (non-hydrogen) atoms. The van der Waals surface area contributed by atoms with Crippen LogP contribution in [-0.2, 0) is 14.8 Å². The monoisotopic (exact) mass is 318 g/mol. The average molecular weight is 318 g/mol. The van der Waals surface area contributed by atoms with E-state index >= 15 is 0 Å². The zero-order valence-electron chi connectivity index (χ0n) is 12.7. The molecule has 2 N–H and O–H groups in total. The Morgan fingerprint density at radius 3 is 2.57 bits per heavy atom. The second kappa shape index (κ2) is 6.62. The fourth-order valence-corrected chi connectivity index (χ4v) is 4.30. The second-order valence-electron chi connectivity index (χ2n) is 6.54. The van der Waals surface area contributed by atoms with Crippen LogP contribution in [0.15, 0.2) is 0 Å². The standard InChI is InChI=1S/C14H26N2O4S/c1-21(19,20)16-8-4-5-12(9-16)13(18)15-10-14(11-17)6-2-3-7-14/h12,17H,2-11H2,1H3,(H,15,18). The van der Waals surface area contributed by atoms with Gasteiger partial charge in [-0.2, -0.15) is 0 Å². The van der Waals surface area contributed by atoms with Crippen LogP contribution in [0.2, 0.25) is 0 Å². The quantitative estimate of drug-likeness (QED) is 0.765. The van der Waals surface area contributed by atoms with E-state index in [1.165, 1.54) is 10.6 Å². The fourth-order valence-electron chi connectivity index (χ4n) is 3.39. The van der Waals surface area contributed by atoms with E-state index in [4.69, 9.17) is 0 Å². The van der Waals surface area contributed by atoms with Crippen LogP contribution < -0.4 is 5.32 Å². The van der Waals surface area contributed by atoms with Crippen LogP contribution in [0.5, 0.6) is 0 Å². The summed E-state index contributed by atoms with van der Waals surface area (Å²) in [4.78, 5) is 12.3. The van der Waals surface area contributed by atoms with Crippen LogP contribution in [-0.4, -0.2) is 56.2 Å². The Labute approximate surface area is 126 Å². The molecule has 1 unspecified atom stereocenters. The van der Waals surface area contributed by atoms with Crippen LogP contribution in [0.25, 0.3) is 0 Å². The molecule has 122 valence electrons. The lowest BCUT2D eigenvalue weighted by atomic mass is 9.87. The van der Waals surface area contributed by atoms with Crippen molar-refractivity contribution in [2.45, 2.75) is 38.5 Å². The van der Waals surface area contributed by atoms with E-state index in [9.17, 15) is 18.3 Å². The molecule has 1 aliphatic carbocycles. The molecule has 1 saturated heterocycles. The summed E-state index contributed by atoms with van der Waals surface area (Å²) in [5, 5.41) is 12.5. The van der Waals surface area contributed by atoms with Gasteiger partial charge in [-0.25, -0.2) is 12.7 Å². The number of hydrogen-bond acceptors (Lipinski definition) is 4. The van der Waals surface area contributed by atoms with Crippen LogP contribution in [0, 0.1) is 11.3 Å². The smallest absolute Gasteiger partial charge is 0.224 e. The molecule has 1 heterocycles. The number of hydrogen-bond donors (Lipinski definition) is 2. The van der Waals surface area contributed by atoms with E-state index in [1.807, 2.05) is 0 Å². The first-order valence-electron chi connectivity index (χ1n) is 7.70. The molecule has 0 aromatic rings. The number of aliphatic hydroxyl groups is 1. The summed E-state index contributed by atoms with van der Waals surface area (Å²) in [5.41, 5.74) is -0.166. The molecule has 0 spiro atoms. The molecule has 1 amide bonds. The van der Waals surface area contributed by atoms with Crippen LogP contribution in [0.1, 0.15) is 38.5 Å². The zero-order valence-corrected chi connectivity index (χ0v) is 13.5. The second-order valence-corrected chi connectivity index (χ2v) is 8.53. The number of nitrogens with one attached hydrogen (secondary N) is 1. The number of sulfonamides is 1. The molecule has 2 rings (SSSR count). The van der Waals surface area contributed by atoms with Crippen molar-refractivity contribution in [2.75, 3.05) is 32.5 Å². The summed E-state index contributed by atoms with van der Waals surface area (Å²) >= 11 is 0. The summed E-state index contributed by atoms with van der Waals surface area (Å²) in [7, 11) is -3.23. The van der Waals surface area contributed by atoms with Crippen molar-refractivity contribution in [3.05, 3.63) is 0 Å². The van der Waals surface area contributed by atoms with Gasteiger partial charge in [-0.3, -0.25) is 4.79 Å². The van der Waals surface area contributed by atoms with Gasteiger partial charge in [0.15, 0.2) is 0 Å². The Bertz CT molecular complexity index is 471. The SMILES string of the molecule is CS(=O)(=O)N1CCCC(C(=O)NCC2(CO)CCCC2)C1. The van der Waals surface area contributed by atoms with Gasteiger partial charge in [0.1, 0.15) is 0 Å². The average Bonchev–Trinajstić information content (AvgIpc) is 2.93. The van der Waals surface area contributed by atoms with E-state index in [2.05, 4.69) is 5.32 Å². The van der Waals surface area contributed by atoms with E-state index in [0.29, 0.717) is 13.1 Å². The molecule has 7 heteroatoms. The van der Waals surface area contributed by atoms with Gasteiger partial charge < -0.3 is 10.4 Å². The number of carbonyl (C=O) groups is 1. The minimum atomic E-state index is -3.23. The third kappa shape index (κ3) is 4.17. The lowest BCUT2D eigenvalue weighted by molar-refractivity contribution is -0.126. The molecule has 0 radical (unpaired) electrons. The van der Waals surface area contributed by atoms with Crippen molar-refractivity contribution in [3.8, 4) is 0 Å². The van der Waals surface area contributed by atoms with Crippen LogP contribution >= 0.6 is 0 Å². The molecule has 1 aliphatic heterocycles. The summed E-state index contributed by atoms with van der Waals surface area (Å²) < 4.78 is 24.5. The Kier molecular flexibility index (Phi) is 5.27. The lowest BCUT2D eigenvalue weighted by Crippen LogP contribution is -2.47. The third-order valence-corrected chi connectivity index (χ3v) is 6.13. The number of amides is 1. The van der Waals surface area contributed by atoms with Gasteiger partial charge in [-0.05, 0) is 25.7 Å². The number of carbonyl (C=O) groups excluding carboxylic acids is 1. The molecule has 2 aliphatic rings. The van der Waals surface area contributed by atoms with Gasteiger partial charge in [0.05, 0.1) is 18.8 Å². The molecule has 1 atom stereocenters. The topological polar surface area (TPSA) is 86.7 Å². The van der Waals surface area contributed by atoms with E-state index in [0.717, 1.165) is 38.5 Å². The lowest BCUT2D eigenvalue weighted by Gasteiger charge is -2.32. The molecule has 6 nitrogen and oxygen atoms in total. The summed E-state index contributed by atoms with van der Waals surface area (Å²) in [6, 6.07) is 0. The number of piperidine rings is 1.